The van der Waals surface area contributed by atoms with Crippen molar-refractivity contribution in [2.24, 2.45) is 0 Å². The second-order valence-electron chi connectivity index (χ2n) is 4.44. The minimum absolute atomic E-state index is 0.263. The summed E-state index contributed by atoms with van der Waals surface area (Å²) in [5, 5.41) is 46.9. The van der Waals surface area contributed by atoms with Crippen LogP contribution in [0.5, 0.6) is 0 Å². The molecule has 5 N–H and O–H groups in total. The largest absolute Gasteiger partial charge is 0.463 e. The zero-order chi connectivity index (χ0) is 15.3. The van der Waals surface area contributed by atoms with E-state index in [0.717, 1.165) is 0 Å². The maximum atomic E-state index is 10.7. The number of rotatable bonds is 6. The third-order valence-corrected chi connectivity index (χ3v) is 2.85. The van der Waals surface area contributed by atoms with Crippen molar-refractivity contribution in [3.05, 3.63) is 0 Å². The minimum Gasteiger partial charge on any atom is -0.463 e. The maximum absolute atomic E-state index is 10.7. The molecule has 0 spiro atoms. The SMILES string of the molecule is CC(=O)OC[C@H](CO)O[C@@H]1O[C@H](CO)[C@@H](O)[C@H](O)[C@H]1O. The standard InChI is InChI=1S/C11H20O9/c1-5(14)18-4-6(2-12)19-11-10(17)9(16)8(15)7(3-13)20-11/h6-13,15-17H,2-4H2,1H3/t6-,7+,8+,9-,10+,11+/m0/s1. The van der Waals surface area contributed by atoms with E-state index in [1.54, 1.807) is 0 Å². The van der Waals surface area contributed by atoms with E-state index in [0.29, 0.717) is 0 Å². The number of aliphatic hydroxyl groups is 5. The van der Waals surface area contributed by atoms with E-state index in [1.807, 2.05) is 0 Å². The highest BCUT2D eigenvalue weighted by molar-refractivity contribution is 5.65. The van der Waals surface area contributed by atoms with Crippen LogP contribution in [0.1, 0.15) is 6.92 Å². The Morgan fingerprint density at radius 3 is 2.35 bits per heavy atom. The molecule has 1 fully saturated rings. The van der Waals surface area contributed by atoms with Crippen LogP contribution < -0.4 is 0 Å². The number of hydrogen-bond acceptors (Lipinski definition) is 9. The highest BCUT2D eigenvalue weighted by Crippen LogP contribution is 2.22. The van der Waals surface area contributed by atoms with Gasteiger partial charge in [0.2, 0.25) is 0 Å². The van der Waals surface area contributed by atoms with Gasteiger partial charge in [0, 0.05) is 6.92 Å². The zero-order valence-corrected chi connectivity index (χ0v) is 11.0. The Kier molecular flexibility index (Phi) is 6.76. The van der Waals surface area contributed by atoms with Crippen molar-refractivity contribution in [1.82, 2.24) is 0 Å². The summed E-state index contributed by atoms with van der Waals surface area (Å²) in [6, 6.07) is 0. The van der Waals surface area contributed by atoms with Gasteiger partial charge < -0.3 is 39.7 Å². The highest BCUT2D eigenvalue weighted by atomic mass is 16.7. The molecule has 0 saturated carbocycles. The van der Waals surface area contributed by atoms with E-state index in [2.05, 4.69) is 4.74 Å². The first-order valence-corrected chi connectivity index (χ1v) is 6.10. The molecule has 0 amide bonds. The Labute approximate surface area is 115 Å². The summed E-state index contributed by atoms with van der Waals surface area (Å²) in [4.78, 5) is 10.7. The molecule has 0 radical (unpaired) electrons. The fraction of sp³-hybridized carbons (Fsp3) is 0.909. The molecule has 1 aliphatic rings. The summed E-state index contributed by atoms with van der Waals surface area (Å²) in [7, 11) is 0. The molecule has 0 bridgehead atoms. The third kappa shape index (κ3) is 4.35. The van der Waals surface area contributed by atoms with Gasteiger partial charge in [-0.05, 0) is 0 Å². The molecule has 0 aromatic carbocycles. The number of aliphatic hydroxyl groups excluding tert-OH is 5. The van der Waals surface area contributed by atoms with Crippen LogP contribution in [-0.2, 0) is 19.0 Å². The fourth-order valence-electron chi connectivity index (χ4n) is 1.71. The third-order valence-electron chi connectivity index (χ3n) is 2.85. The van der Waals surface area contributed by atoms with Crippen LogP contribution in [0.25, 0.3) is 0 Å². The van der Waals surface area contributed by atoms with Crippen molar-refractivity contribution >= 4 is 5.97 Å². The number of carbonyl (C=O) groups is 1. The predicted octanol–water partition coefficient (Wildman–Crippen LogP) is -3.27. The van der Waals surface area contributed by atoms with Crippen molar-refractivity contribution in [1.29, 1.82) is 0 Å². The molecule has 1 aliphatic heterocycles. The fourth-order valence-corrected chi connectivity index (χ4v) is 1.71. The van der Waals surface area contributed by atoms with Gasteiger partial charge in [0.1, 0.15) is 37.1 Å². The topological polar surface area (TPSA) is 146 Å². The van der Waals surface area contributed by atoms with Gasteiger partial charge in [-0.2, -0.15) is 0 Å². The molecule has 20 heavy (non-hydrogen) atoms. The number of hydrogen-bond donors (Lipinski definition) is 5. The Hall–Kier alpha value is -0.810. The molecular weight excluding hydrogens is 276 g/mol. The molecule has 6 atom stereocenters. The van der Waals surface area contributed by atoms with Gasteiger partial charge in [-0.3, -0.25) is 4.79 Å². The lowest BCUT2D eigenvalue weighted by Gasteiger charge is -2.40. The van der Waals surface area contributed by atoms with E-state index in [-0.39, 0.29) is 6.61 Å². The lowest BCUT2D eigenvalue weighted by atomic mass is 9.99. The summed E-state index contributed by atoms with van der Waals surface area (Å²) in [5.41, 5.74) is 0. The molecule has 9 nitrogen and oxygen atoms in total. The van der Waals surface area contributed by atoms with Gasteiger partial charge in [-0.25, -0.2) is 0 Å². The molecule has 1 rings (SSSR count). The van der Waals surface area contributed by atoms with Crippen LogP contribution in [0.4, 0.5) is 0 Å². The van der Waals surface area contributed by atoms with E-state index in [4.69, 9.17) is 19.7 Å². The lowest BCUT2D eigenvalue weighted by Crippen LogP contribution is -2.60. The van der Waals surface area contributed by atoms with Crippen molar-refractivity contribution in [2.45, 2.75) is 43.7 Å². The summed E-state index contributed by atoms with van der Waals surface area (Å²) < 4.78 is 14.9. The molecule has 0 aliphatic carbocycles. The average Bonchev–Trinajstić information content (AvgIpc) is 2.43. The van der Waals surface area contributed by atoms with Crippen LogP contribution in [0, 0.1) is 0 Å². The van der Waals surface area contributed by atoms with Crippen molar-refractivity contribution < 1.29 is 44.5 Å². The smallest absolute Gasteiger partial charge is 0.302 e. The van der Waals surface area contributed by atoms with Gasteiger partial charge in [0.15, 0.2) is 6.29 Å². The molecule has 1 heterocycles. The van der Waals surface area contributed by atoms with Gasteiger partial charge in [-0.1, -0.05) is 0 Å². The molecule has 0 aromatic rings. The summed E-state index contributed by atoms with van der Waals surface area (Å²) >= 11 is 0. The van der Waals surface area contributed by atoms with E-state index in [1.165, 1.54) is 6.92 Å². The second-order valence-corrected chi connectivity index (χ2v) is 4.44. The summed E-state index contributed by atoms with van der Waals surface area (Å²) in [5.74, 6) is -0.569. The van der Waals surface area contributed by atoms with Gasteiger partial charge in [0.05, 0.1) is 13.2 Å². The van der Waals surface area contributed by atoms with Gasteiger partial charge in [-0.15, -0.1) is 0 Å². The van der Waals surface area contributed by atoms with E-state index < -0.39 is 56.0 Å². The van der Waals surface area contributed by atoms with Crippen LogP contribution in [0.15, 0.2) is 0 Å². The monoisotopic (exact) mass is 296 g/mol. The molecule has 118 valence electrons. The average molecular weight is 296 g/mol. The molecule has 0 unspecified atom stereocenters. The van der Waals surface area contributed by atoms with Crippen molar-refractivity contribution in [3.8, 4) is 0 Å². The first-order valence-electron chi connectivity index (χ1n) is 6.10. The van der Waals surface area contributed by atoms with E-state index >= 15 is 0 Å². The number of ether oxygens (including phenoxy) is 3. The first-order chi connectivity index (χ1) is 9.40. The normalized spacial score (nSPS) is 35.6. The van der Waals surface area contributed by atoms with Crippen LogP contribution in [-0.4, -0.2) is 88.1 Å². The Balaban J connectivity index is 2.61. The van der Waals surface area contributed by atoms with Crippen LogP contribution >= 0.6 is 0 Å². The molecular formula is C11H20O9. The first kappa shape index (κ1) is 17.2. The molecule has 0 aromatic heterocycles. The van der Waals surface area contributed by atoms with Crippen molar-refractivity contribution in [2.75, 3.05) is 19.8 Å². The highest BCUT2D eigenvalue weighted by Gasteiger charge is 2.44. The summed E-state index contributed by atoms with van der Waals surface area (Å²) in [6.45, 7) is -0.177. The number of esters is 1. The second kappa shape index (κ2) is 7.84. The quantitative estimate of drug-likeness (QED) is 0.318. The molecule has 1 saturated heterocycles. The Morgan fingerprint density at radius 1 is 1.20 bits per heavy atom. The number of carbonyl (C=O) groups excluding carboxylic acids is 1. The van der Waals surface area contributed by atoms with Gasteiger partial charge in [0.25, 0.3) is 0 Å². The Morgan fingerprint density at radius 2 is 1.85 bits per heavy atom. The van der Waals surface area contributed by atoms with Crippen LogP contribution in [0.3, 0.4) is 0 Å². The van der Waals surface area contributed by atoms with Gasteiger partial charge >= 0.3 is 5.97 Å². The summed E-state index contributed by atoms with van der Waals surface area (Å²) in [6.07, 6.45) is -8.08. The molecule has 9 heteroatoms. The predicted molar refractivity (Wildman–Crippen MR) is 62.4 cm³/mol. The Bertz CT molecular complexity index is 308. The van der Waals surface area contributed by atoms with Crippen LogP contribution in [0.2, 0.25) is 0 Å². The lowest BCUT2D eigenvalue weighted by molar-refractivity contribution is -0.315. The zero-order valence-electron chi connectivity index (χ0n) is 11.0. The van der Waals surface area contributed by atoms with Crippen molar-refractivity contribution in [3.63, 3.8) is 0 Å². The van der Waals surface area contributed by atoms with E-state index in [9.17, 15) is 20.1 Å². The maximum Gasteiger partial charge on any atom is 0.302 e. The minimum atomic E-state index is -1.57.